The average Bonchev–Trinajstić information content (AvgIpc) is 3.31. The maximum Gasteiger partial charge on any atom is 0.138 e. The Balaban J connectivity index is 1.34. The van der Waals surface area contributed by atoms with Gasteiger partial charge in [-0.3, -0.25) is 4.90 Å². The van der Waals surface area contributed by atoms with E-state index in [1.165, 1.54) is 6.33 Å². The number of likely N-dealkylation sites (tertiary alicyclic amines) is 1. The molecule has 1 fully saturated rings. The maximum absolute atomic E-state index is 11.2. The number of benzene rings is 2. The summed E-state index contributed by atoms with van der Waals surface area (Å²) in [5.74, 6) is 1.28. The summed E-state index contributed by atoms with van der Waals surface area (Å²) in [7, 11) is 0. The third kappa shape index (κ3) is 6.23. The average molecular weight is 473 g/mol. The van der Waals surface area contributed by atoms with E-state index in [1.807, 2.05) is 43.3 Å². The lowest BCUT2D eigenvalue weighted by Crippen LogP contribution is -2.59. The lowest BCUT2D eigenvalue weighted by Gasteiger charge is -2.42. The first-order chi connectivity index (χ1) is 15.9. The molecular weight excluding hydrogens is 444 g/mol. The van der Waals surface area contributed by atoms with Gasteiger partial charge in [-0.1, -0.05) is 29.8 Å². The third-order valence-corrected chi connectivity index (χ3v) is 6.07. The number of aromatic nitrogens is 3. The second-order valence-electron chi connectivity index (χ2n) is 8.50. The monoisotopic (exact) mass is 472 g/mol. The molecule has 0 aliphatic carbocycles. The van der Waals surface area contributed by atoms with Crippen LogP contribution >= 0.6 is 11.6 Å². The summed E-state index contributed by atoms with van der Waals surface area (Å²) in [5.41, 5.74) is 0.683. The van der Waals surface area contributed by atoms with E-state index in [9.17, 15) is 10.2 Å². The molecule has 9 heteroatoms. The molecule has 33 heavy (non-hydrogen) atoms. The van der Waals surface area contributed by atoms with Crippen molar-refractivity contribution in [2.45, 2.75) is 38.1 Å². The lowest BCUT2D eigenvalue weighted by molar-refractivity contribution is -0.140. The quantitative estimate of drug-likeness (QED) is 0.494. The standard InChI is InChI=1S/C24H29ClN4O4/c1-18-5-6-21(25)22(11-18)33-15-24(31)14-28(8-7-23(24)30)13-19-3-2-4-20(12-19)32-10-9-29-17-26-16-27-29/h2-6,11-12,16-17,23,30-31H,7-10,13-15H2,1H3/t23-,24-/m0/s1. The number of piperidine rings is 1. The zero-order chi connectivity index (χ0) is 23.3. The highest BCUT2D eigenvalue weighted by atomic mass is 35.5. The summed E-state index contributed by atoms with van der Waals surface area (Å²) in [4.78, 5) is 6.03. The van der Waals surface area contributed by atoms with Crippen LogP contribution < -0.4 is 9.47 Å². The van der Waals surface area contributed by atoms with Gasteiger partial charge < -0.3 is 19.7 Å². The predicted molar refractivity (Wildman–Crippen MR) is 124 cm³/mol. The van der Waals surface area contributed by atoms with Crippen molar-refractivity contribution in [3.05, 3.63) is 71.3 Å². The molecule has 0 spiro atoms. The van der Waals surface area contributed by atoms with Crippen molar-refractivity contribution in [3.8, 4) is 11.5 Å². The Kier molecular flexibility index (Phi) is 7.49. The summed E-state index contributed by atoms with van der Waals surface area (Å²) in [6.45, 7) is 4.59. The van der Waals surface area contributed by atoms with E-state index < -0.39 is 11.7 Å². The summed E-state index contributed by atoms with van der Waals surface area (Å²) in [6, 6.07) is 13.4. The van der Waals surface area contributed by atoms with E-state index in [0.29, 0.717) is 43.4 Å². The van der Waals surface area contributed by atoms with Crippen LogP contribution in [-0.2, 0) is 13.1 Å². The van der Waals surface area contributed by atoms with Gasteiger partial charge in [0.1, 0.15) is 43.0 Å². The van der Waals surface area contributed by atoms with Crippen LogP contribution in [0.1, 0.15) is 17.5 Å². The minimum Gasteiger partial charge on any atom is -0.492 e. The van der Waals surface area contributed by atoms with Crippen LogP contribution in [0.25, 0.3) is 0 Å². The molecule has 3 aromatic rings. The van der Waals surface area contributed by atoms with E-state index >= 15 is 0 Å². The molecule has 0 radical (unpaired) electrons. The van der Waals surface area contributed by atoms with Gasteiger partial charge in [0.05, 0.1) is 17.7 Å². The Bertz CT molecular complexity index is 1050. The molecule has 2 aromatic carbocycles. The molecular formula is C24H29ClN4O4. The molecule has 0 saturated carbocycles. The molecule has 1 saturated heterocycles. The molecule has 1 aliphatic heterocycles. The van der Waals surface area contributed by atoms with Crippen LogP contribution in [0.5, 0.6) is 11.5 Å². The number of nitrogens with zero attached hydrogens (tertiary/aromatic N) is 4. The van der Waals surface area contributed by atoms with E-state index in [-0.39, 0.29) is 13.2 Å². The van der Waals surface area contributed by atoms with Gasteiger partial charge in [-0.05, 0) is 48.7 Å². The van der Waals surface area contributed by atoms with Crippen LogP contribution in [0.4, 0.5) is 0 Å². The second kappa shape index (κ2) is 10.5. The summed E-state index contributed by atoms with van der Waals surface area (Å²) in [6.07, 6.45) is 2.74. The van der Waals surface area contributed by atoms with Gasteiger partial charge in [-0.25, -0.2) is 9.67 Å². The van der Waals surface area contributed by atoms with Crippen LogP contribution in [0, 0.1) is 6.92 Å². The molecule has 1 aliphatic rings. The van der Waals surface area contributed by atoms with Gasteiger partial charge in [-0.15, -0.1) is 0 Å². The lowest BCUT2D eigenvalue weighted by atomic mass is 9.90. The Morgan fingerprint density at radius 1 is 1.21 bits per heavy atom. The largest absolute Gasteiger partial charge is 0.492 e. The van der Waals surface area contributed by atoms with Crippen LogP contribution in [-0.4, -0.2) is 67.9 Å². The molecule has 0 bridgehead atoms. The van der Waals surface area contributed by atoms with Gasteiger partial charge in [-0.2, -0.15) is 5.10 Å². The summed E-state index contributed by atoms with van der Waals surface area (Å²) >= 11 is 6.21. The van der Waals surface area contributed by atoms with Gasteiger partial charge >= 0.3 is 0 Å². The van der Waals surface area contributed by atoms with E-state index in [2.05, 4.69) is 15.0 Å². The van der Waals surface area contributed by atoms with Crippen LogP contribution in [0.2, 0.25) is 5.02 Å². The first kappa shape index (κ1) is 23.5. The number of aliphatic hydroxyl groups is 2. The first-order valence-electron chi connectivity index (χ1n) is 11.0. The second-order valence-corrected chi connectivity index (χ2v) is 8.90. The normalized spacial score (nSPS) is 21.2. The van der Waals surface area contributed by atoms with Crippen molar-refractivity contribution in [1.29, 1.82) is 0 Å². The molecule has 0 amide bonds. The number of β-amino-alcohol motifs (C(OH)–C–C–N with tert-alkyl or cyclic N) is 1. The maximum atomic E-state index is 11.2. The molecule has 2 N–H and O–H groups in total. The predicted octanol–water partition coefficient (Wildman–Crippen LogP) is 2.70. The molecule has 0 unspecified atom stereocenters. The Hall–Kier alpha value is -2.65. The number of aryl methyl sites for hydroxylation is 1. The highest BCUT2D eigenvalue weighted by Gasteiger charge is 2.42. The number of hydrogen-bond acceptors (Lipinski definition) is 7. The molecule has 1 aromatic heterocycles. The number of halogens is 1. The van der Waals surface area contributed by atoms with Crippen LogP contribution in [0.15, 0.2) is 55.1 Å². The zero-order valence-electron chi connectivity index (χ0n) is 18.6. The van der Waals surface area contributed by atoms with Crippen molar-refractivity contribution in [1.82, 2.24) is 19.7 Å². The fourth-order valence-electron chi connectivity index (χ4n) is 3.94. The van der Waals surface area contributed by atoms with E-state index in [1.54, 1.807) is 17.1 Å². The van der Waals surface area contributed by atoms with Crippen molar-refractivity contribution in [2.75, 3.05) is 26.3 Å². The zero-order valence-corrected chi connectivity index (χ0v) is 19.4. The minimum absolute atomic E-state index is 0.0424. The van der Waals surface area contributed by atoms with Crippen molar-refractivity contribution >= 4 is 11.6 Å². The number of rotatable bonds is 9. The van der Waals surface area contributed by atoms with Gasteiger partial charge in [0.15, 0.2) is 0 Å². The first-order valence-corrected chi connectivity index (χ1v) is 11.3. The Labute approximate surface area is 198 Å². The molecule has 176 valence electrons. The number of ether oxygens (including phenoxy) is 2. The van der Waals surface area contributed by atoms with Crippen molar-refractivity contribution in [2.24, 2.45) is 0 Å². The van der Waals surface area contributed by atoms with Gasteiger partial charge in [0.2, 0.25) is 0 Å². The highest BCUT2D eigenvalue weighted by Crippen LogP contribution is 2.29. The highest BCUT2D eigenvalue weighted by molar-refractivity contribution is 6.32. The fourth-order valence-corrected chi connectivity index (χ4v) is 4.12. The molecule has 8 nitrogen and oxygen atoms in total. The third-order valence-electron chi connectivity index (χ3n) is 5.76. The van der Waals surface area contributed by atoms with Crippen LogP contribution in [0.3, 0.4) is 0 Å². The van der Waals surface area contributed by atoms with E-state index in [4.69, 9.17) is 21.1 Å². The topological polar surface area (TPSA) is 92.9 Å². The van der Waals surface area contributed by atoms with Gasteiger partial charge in [0.25, 0.3) is 0 Å². The minimum atomic E-state index is -1.39. The summed E-state index contributed by atoms with van der Waals surface area (Å²) in [5, 5.41) is 26.2. The smallest absolute Gasteiger partial charge is 0.138 e. The SMILES string of the molecule is Cc1ccc(Cl)c(OC[C@@]2(O)CN(Cc3cccc(OCCn4cncn4)c3)CC[C@@H]2O)c1. The fraction of sp³-hybridized carbons (Fsp3) is 0.417. The molecule has 2 atom stereocenters. The molecule has 2 heterocycles. The molecule has 4 rings (SSSR count). The summed E-state index contributed by atoms with van der Waals surface area (Å²) < 4.78 is 13.4. The van der Waals surface area contributed by atoms with Crippen molar-refractivity contribution in [3.63, 3.8) is 0 Å². The Morgan fingerprint density at radius 2 is 2.09 bits per heavy atom. The van der Waals surface area contributed by atoms with Crippen molar-refractivity contribution < 1.29 is 19.7 Å². The Morgan fingerprint density at radius 3 is 2.91 bits per heavy atom. The number of aliphatic hydroxyl groups excluding tert-OH is 1. The van der Waals surface area contributed by atoms with E-state index in [0.717, 1.165) is 16.9 Å². The van der Waals surface area contributed by atoms with Gasteiger partial charge in [0, 0.05) is 19.6 Å². The number of hydrogen-bond donors (Lipinski definition) is 2.